The molecule has 1 aromatic heterocycles. The molecule has 18 heavy (non-hydrogen) atoms. The molecular formula is C13H20ClN3O. The van der Waals surface area contributed by atoms with Crippen LogP contribution in [-0.4, -0.2) is 21.7 Å². The molecule has 0 unspecified atom stereocenters. The van der Waals surface area contributed by atoms with Gasteiger partial charge in [-0.2, -0.15) is 5.10 Å². The van der Waals surface area contributed by atoms with Crippen molar-refractivity contribution in [1.29, 1.82) is 0 Å². The summed E-state index contributed by atoms with van der Waals surface area (Å²) >= 11 is 6.12. The van der Waals surface area contributed by atoms with Crippen LogP contribution in [0.3, 0.4) is 0 Å². The van der Waals surface area contributed by atoms with Crippen LogP contribution in [0.4, 0.5) is 0 Å². The summed E-state index contributed by atoms with van der Waals surface area (Å²) in [5.41, 5.74) is 1.16. The minimum Gasteiger partial charge on any atom is -0.348 e. The molecule has 100 valence electrons. The van der Waals surface area contributed by atoms with Crippen molar-refractivity contribution in [1.82, 2.24) is 15.1 Å². The third-order valence-electron chi connectivity index (χ3n) is 3.79. The zero-order valence-corrected chi connectivity index (χ0v) is 11.9. The second-order valence-electron chi connectivity index (χ2n) is 5.21. The van der Waals surface area contributed by atoms with Crippen molar-refractivity contribution in [3.8, 4) is 0 Å². The SMILES string of the molecule is Cc1nn(C)c(C(=O)N[C@H]2CCCC[C@@H]2C)c1Cl. The molecular weight excluding hydrogens is 250 g/mol. The third-order valence-corrected chi connectivity index (χ3v) is 4.24. The van der Waals surface area contributed by atoms with Crippen LogP contribution in [-0.2, 0) is 7.05 Å². The van der Waals surface area contributed by atoms with Gasteiger partial charge in [-0.15, -0.1) is 0 Å². The molecule has 1 heterocycles. The number of rotatable bonds is 2. The number of hydrogen-bond donors (Lipinski definition) is 1. The summed E-state index contributed by atoms with van der Waals surface area (Å²) in [5.74, 6) is 0.428. The second-order valence-corrected chi connectivity index (χ2v) is 5.59. The summed E-state index contributed by atoms with van der Waals surface area (Å²) in [6, 6.07) is 0.262. The quantitative estimate of drug-likeness (QED) is 0.897. The van der Waals surface area contributed by atoms with E-state index in [2.05, 4.69) is 17.3 Å². The van der Waals surface area contributed by atoms with E-state index < -0.39 is 0 Å². The average molecular weight is 270 g/mol. The number of hydrogen-bond acceptors (Lipinski definition) is 2. The highest BCUT2D eigenvalue weighted by Gasteiger charge is 2.26. The Hall–Kier alpha value is -1.03. The smallest absolute Gasteiger partial charge is 0.271 e. The highest BCUT2D eigenvalue weighted by molar-refractivity contribution is 6.34. The van der Waals surface area contributed by atoms with Gasteiger partial charge < -0.3 is 5.32 Å². The van der Waals surface area contributed by atoms with Crippen molar-refractivity contribution in [3.05, 3.63) is 16.4 Å². The minimum atomic E-state index is -0.109. The molecule has 1 aliphatic rings. The number of carbonyl (C=O) groups is 1. The number of nitrogens with zero attached hydrogens (tertiary/aromatic N) is 2. The highest BCUT2D eigenvalue weighted by Crippen LogP contribution is 2.25. The van der Waals surface area contributed by atoms with Gasteiger partial charge in [0.05, 0.1) is 10.7 Å². The number of aryl methyl sites for hydroxylation is 2. The summed E-state index contributed by atoms with van der Waals surface area (Å²) < 4.78 is 1.56. The molecule has 4 nitrogen and oxygen atoms in total. The Morgan fingerprint density at radius 3 is 2.67 bits per heavy atom. The average Bonchev–Trinajstić information content (AvgIpc) is 2.56. The van der Waals surface area contributed by atoms with Crippen LogP contribution in [0.5, 0.6) is 0 Å². The van der Waals surface area contributed by atoms with Crippen molar-refractivity contribution in [2.75, 3.05) is 0 Å². The topological polar surface area (TPSA) is 46.9 Å². The van der Waals surface area contributed by atoms with Gasteiger partial charge in [0.2, 0.25) is 0 Å². The predicted octanol–water partition coefficient (Wildman–Crippen LogP) is 2.69. The highest BCUT2D eigenvalue weighted by atomic mass is 35.5. The van der Waals surface area contributed by atoms with Crippen LogP contribution < -0.4 is 5.32 Å². The van der Waals surface area contributed by atoms with Crippen LogP contribution in [0.1, 0.15) is 48.8 Å². The van der Waals surface area contributed by atoms with Crippen molar-refractivity contribution in [2.45, 2.75) is 45.6 Å². The molecule has 5 heteroatoms. The lowest BCUT2D eigenvalue weighted by atomic mass is 9.86. The van der Waals surface area contributed by atoms with Crippen LogP contribution in [0.25, 0.3) is 0 Å². The zero-order chi connectivity index (χ0) is 13.3. The van der Waals surface area contributed by atoms with Crippen molar-refractivity contribution < 1.29 is 4.79 Å². The molecule has 0 aromatic carbocycles. The first kappa shape index (κ1) is 13.4. The first-order valence-corrected chi connectivity index (χ1v) is 6.88. The third kappa shape index (κ3) is 2.53. The molecule has 2 rings (SSSR count). The van der Waals surface area contributed by atoms with Gasteiger partial charge in [0.25, 0.3) is 5.91 Å². The Bertz CT molecular complexity index is 455. The second kappa shape index (κ2) is 5.31. The Kier molecular flexibility index (Phi) is 3.95. The molecule has 1 fully saturated rings. The fourth-order valence-electron chi connectivity index (χ4n) is 2.65. The Morgan fingerprint density at radius 1 is 1.44 bits per heavy atom. The van der Waals surface area contributed by atoms with Crippen molar-refractivity contribution in [2.24, 2.45) is 13.0 Å². The maximum Gasteiger partial charge on any atom is 0.271 e. The summed E-state index contributed by atoms with van der Waals surface area (Å²) in [4.78, 5) is 12.3. The first-order chi connectivity index (χ1) is 8.50. The van der Waals surface area contributed by atoms with E-state index in [0.29, 0.717) is 22.3 Å². The normalized spacial score (nSPS) is 24.0. The summed E-state index contributed by atoms with van der Waals surface area (Å²) in [6.07, 6.45) is 4.69. The van der Waals surface area contributed by atoms with E-state index in [4.69, 9.17) is 11.6 Å². The lowest BCUT2D eigenvalue weighted by Gasteiger charge is -2.29. The summed E-state index contributed by atoms with van der Waals surface area (Å²) in [5, 5.41) is 7.72. The van der Waals surface area contributed by atoms with Gasteiger partial charge in [-0.3, -0.25) is 9.48 Å². The fraction of sp³-hybridized carbons (Fsp3) is 0.692. The molecule has 0 saturated heterocycles. The van der Waals surface area contributed by atoms with Crippen LogP contribution in [0.2, 0.25) is 5.02 Å². The molecule has 1 aliphatic carbocycles. The van der Waals surface area contributed by atoms with Crippen LogP contribution in [0.15, 0.2) is 0 Å². The van der Waals surface area contributed by atoms with E-state index >= 15 is 0 Å². The van der Waals surface area contributed by atoms with Crippen LogP contribution >= 0.6 is 11.6 Å². The molecule has 0 aliphatic heterocycles. The molecule has 1 N–H and O–H groups in total. The molecule has 1 amide bonds. The number of halogens is 1. The summed E-state index contributed by atoms with van der Waals surface area (Å²) in [7, 11) is 1.75. The van der Waals surface area contributed by atoms with Gasteiger partial charge >= 0.3 is 0 Å². The Labute approximate surface area is 113 Å². The Balaban J connectivity index is 2.12. The fourth-order valence-corrected chi connectivity index (χ4v) is 2.89. The van der Waals surface area contributed by atoms with Crippen LogP contribution in [0, 0.1) is 12.8 Å². The van der Waals surface area contributed by atoms with E-state index in [-0.39, 0.29) is 11.9 Å². The molecule has 1 aromatic rings. The van der Waals surface area contributed by atoms with Gasteiger partial charge in [-0.05, 0) is 25.7 Å². The molecule has 1 saturated carbocycles. The molecule has 0 bridgehead atoms. The lowest BCUT2D eigenvalue weighted by molar-refractivity contribution is 0.0901. The zero-order valence-electron chi connectivity index (χ0n) is 11.2. The number of amides is 1. The first-order valence-electron chi connectivity index (χ1n) is 6.50. The van der Waals surface area contributed by atoms with Crippen molar-refractivity contribution in [3.63, 3.8) is 0 Å². The van der Waals surface area contributed by atoms with Gasteiger partial charge in [-0.1, -0.05) is 31.4 Å². The van der Waals surface area contributed by atoms with E-state index in [1.807, 2.05) is 6.92 Å². The lowest BCUT2D eigenvalue weighted by Crippen LogP contribution is -2.41. The van der Waals surface area contributed by atoms with E-state index in [9.17, 15) is 4.79 Å². The standard InChI is InChI=1S/C13H20ClN3O/c1-8-6-4-5-7-10(8)15-13(18)12-11(14)9(2)16-17(12)3/h8,10H,4-7H2,1-3H3,(H,15,18)/t8-,10-/m0/s1. The summed E-state index contributed by atoms with van der Waals surface area (Å²) in [6.45, 7) is 4.00. The maximum atomic E-state index is 12.3. The van der Waals surface area contributed by atoms with Gasteiger partial charge in [-0.25, -0.2) is 0 Å². The van der Waals surface area contributed by atoms with Gasteiger partial charge in [0, 0.05) is 13.1 Å². The molecule has 0 radical (unpaired) electrons. The molecule has 2 atom stereocenters. The molecule has 0 spiro atoms. The number of aromatic nitrogens is 2. The minimum absolute atomic E-state index is 0.109. The van der Waals surface area contributed by atoms with E-state index in [1.165, 1.54) is 19.3 Å². The van der Waals surface area contributed by atoms with Gasteiger partial charge in [0.15, 0.2) is 0 Å². The van der Waals surface area contributed by atoms with Crippen molar-refractivity contribution >= 4 is 17.5 Å². The number of carbonyl (C=O) groups excluding carboxylic acids is 1. The van der Waals surface area contributed by atoms with E-state index in [0.717, 1.165) is 6.42 Å². The monoisotopic (exact) mass is 269 g/mol. The Morgan fingerprint density at radius 2 is 2.11 bits per heavy atom. The predicted molar refractivity (Wildman–Crippen MR) is 71.8 cm³/mol. The largest absolute Gasteiger partial charge is 0.348 e. The maximum absolute atomic E-state index is 12.3. The van der Waals surface area contributed by atoms with E-state index in [1.54, 1.807) is 11.7 Å². The number of nitrogens with one attached hydrogen (secondary N) is 1. The van der Waals surface area contributed by atoms with Gasteiger partial charge in [0.1, 0.15) is 5.69 Å².